The first-order valence-corrected chi connectivity index (χ1v) is 9.29. The molecule has 3 aromatic rings. The van der Waals surface area contributed by atoms with Gasteiger partial charge in [-0.15, -0.1) is 0 Å². The highest BCUT2D eigenvalue weighted by Gasteiger charge is 2.33. The molecular weight excluding hydrogens is 378 g/mol. The molecule has 0 fully saturated rings. The molecule has 0 saturated heterocycles. The van der Waals surface area contributed by atoms with Crippen LogP contribution < -0.4 is 9.47 Å². The van der Waals surface area contributed by atoms with E-state index in [2.05, 4.69) is 4.90 Å². The molecule has 0 bridgehead atoms. The topological polar surface area (TPSA) is 51.9 Å². The summed E-state index contributed by atoms with van der Waals surface area (Å²) in [5.41, 5.74) is 2.15. The van der Waals surface area contributed by atoms with Gasteiger partial charge in [0.1, 0.15) is 24.0 Å². The minimum Gasteiger partial charge on any atom is -0.478 e. The maximum atomic E-state index is 12.8. The zero-order valence-corrected chi connectivity index (χ0v) is 15.6. The molecule has 0 unspecified atom stereocenters. The summed E-state index contributed by atoms with van der Waals surface area (Å²) in [5.74, 6) is 2.27. The van der Waals surface area contributed by atoms with Crippen molar-refractivity contribution in [3.8, 4) is 11.5 Å². The van der Waals surface area contributed by atoms with Crippen LogP contribution in [0, 0.1) is 0 Å². The summed E-state index contributed by atoms with van der Waals surface area (Å²) >= 11 is 6.22. The number of carbonyl (C=O) groups excluding carboxylic acids is 1. The van der Waals surface area contributed by atoms with Crippen LogP contribution in [-0.2, 0) is 13.1 Å². The quantitative estimate of drug-likeness (QED) is 0.592. The van der Waals surface area contributed by atoms with Crippen LogP contribution in [0.4, 0.5) is 0 Å². The summed E-state index contributed by atoms with van der Waals surface area (Å²) < 4.78 is 17.3. The van der Waals surface area contributed by atoms with Crippen molar-refractivity contribution in [1.29, 1.82) is 0 Å². The molecule has 3 heterocycles. The van der Waals surface area contributed by atoms with Crippen LogP contribution in [0.15, 0.2) is 65.0 Å². The molecule has 5 nitrogen and oxygen atoms in total. The van der Waals surface area contributed by atoms with E-state index in [1.807, 2.05) is 36.4 Å². The van der Waals surface area contributed by atoms with Crippen LogP contribution >= 0.6 is 11.6 Å². The Labute approximate surface area is 166 Å². The van der Waals surface area contributed by atoms with Crippen LogP contribution in [0.2, 0.25) is 5.02 Å². The number of furan rings is 1. The van der Waals surface area contributed by atoms with Crippen LogP contribution in [0.3, 0.4) is 0 Å². The van der Waals surface area contributed by atoms with E-state index in [0.29, 0.717) is 36.2 Å². The van der Waals surface area contributed by atoms with Crippen molar-refractivity contribution < 1.29 is 18.7 Å². The molecule has 0 N–H and O–H groups in total. The fourth-order valence-electron chi connectivity index (χ4n) is 3.46. The number of benzene rings is 2. The molecule has 140 valence electrons. The molecule has 2 aromatic carbocycles. The average molecular weight is 394 g/mol. The van der Waals surface area contributed by atoms with Gasteiger partial charge in [0.05, 0.1) is 23.9 Å². The zero-order valence-electron chi connectivity index (χ0n) is 14.9. The molecule has 0 amide bonds. The van der Waals surface area contributed by atoms with Crippen molar-refractivity contribution in [2.24, 2.45) is 0 Å². The van der Waals surface area contributed by atoms with Crippen molar-refractivity contribution in [3.05, 3.63) is 88.0 Å². The molecule has 0 spiro atoms. The fourth-order valence-corrected chi connectivity index (χ4v) is 3.65. The average Bonchev–Trinajstić information content (AvgIpc) is 3.32. The molecule has 28 heavy (non-hydrogen) atoms. The third-order valence-electron chi connectivity index (χ3n) is 4.83. The number of carbonyl (C=O) groups is 1. The number of halogens is 1. The molecule has 5 rings (SSSR count). The Bertz CT molecular complexity index is 1090. The monoisotopic (exact) mass is 393 g/mol. The molecule has 0 saturated carbocycles. The second-order valence-electron chi connectivity index (χ2n) is 6.72. The van der Waals surface area contributed by atoms with Gasteiger partial charge in [-0.2, -0.15) is 0 Å². The van der Waals surface area contributed by atoms with E-state index >= 15 is 0 Å². The van der Waals surface area contributed by atoms with Crippen molar-refractivity contribution in [2.75, 3.05) is 6.73 Å². The maximum Gasteiger partial charge on any atom is 0.231 e. The van der Waals surface area contributed by atoms with Crippen LogP contribution in [0.25, 0.3) is 6.08 Å². The Balaban J connectivity index is 1.46. The maximum absolute atomic E-state index is 12.8. The molecular formula is C22H16ClNO4. The summed E-state index contributed by atoms with van der Waals surface area (Å²) in [5, 5.41) is 0.567. The second kappa shape index (κ2) is 6.86. The second-order valence-corrected chi connectivity index (χ2v) is 7.13. The SMILES string of the molecule is O=C1/C(=C/c2ccccc2Cl)Oc2c1ccc1c2CN(Cc2ccco2)CO1. The third kappa shape index (κ3) is 2.99. The Morgan fingerprint density at radius 2 is 2.00 bits per heavy atom. The number of Topliss-reactive ketones (excluding diaryl/α,β-unsaturated/α-hetero) is 1. The lowest BCUT2D eigenvalue weighted by Crippen LogP contribution is -2.31. The van der Waals surface area contributed by atoms with Crippen LogP contribution in [0.1, 0.15) is 27.2 Å². The summed E-state index contributed by atoms with van der Waals surface area (Å²) in [4.78, 5) is 14.9. The highest BCUT2D eigenvalue weighted by molar-refractivity contribution is 6.32. The summed E-state index contributed by atoms with van der Waals surface area (Å²) in [6, 6.07) is 14.7. The van der Waals surface area contributed by atoms with E-state index in [4.69, 9.17) is 25.5 Å². The predicted octanol–water partition coefficient (Wildman–Crippen LogP) is 4.90. The molecule has 0 atom stereocenters. The predicted molar refractivity (Wildman–Crippen MR) is 104 cm³/mol. The van der Waals surface area contributed by atoms with Crippen molar-refractivity contribution in [1.82, 2.24) is 4.90 Å². The Kier molecular flexibility index (Phi) is 4.19. The van der Waals surface area contributed by atoms with Crippen LogP contribution in [-0.4, -0.2) is 17.4 Å². The summed E-state index contributed by atoms with van der Waals surface area (Å²) in [7, 11) is 0. The fraction of sp³-hybridized carbons (Fsp3) is 0.136. The normalized spacial score (nSPS) is 17.2. The standard InChI is InChI=1S/C22H16ClNO4/c23-18-6-2-1-4-14(18)10-20-21(25)16-7-8-19-17(22(16)28-20)12-24(13-27-19)11-15-5-3-9-26-15/h1-10H,11-13H2/b20-10-. The van der Waals surface area contributed by atoms with E-state index in [9.17, 15) is 4.79 Å². The van der Waals surface area contributed by atoms with Crippen LogP contribution in [0.5, 0.6) is 11.5 Å². The van der Waals surface area contributed by atoms with E-state index in [1.165, 1.54) is 0 Å². The molecule has 0 radical (unpaired) electrons. The number of ether oxygens (including phenoxy) is 2. The first-order chi connectivity index (χ1) is 13.7. The van der Waals surface area contributed by atoms with Gasteiger partial charge in [-0.1, -0.05) is 29.8 Å². The van der Waals surface area contributed by atoms with Crippen molar-refractivity contribution >= 4 is 23.5 Å². The smallest absolute Gasteiger partial charge is 0.231 e. The van der Waals surface area contributed by atoms with Gasteiger partial charge in [0.25, 0.3) is 0 Å². The number of allylic oxidation sites excluding steroid dienone is 1. The number of hydrogen-bond donors (Lipinski definition) is 0. The number of fused-ring (bicyclic) bond motifs is 3. The lowest BCUT2D eigenvalue weighted by Gasteiger charge is -2.29. The molecule has 6 heteroatoms. The summed E-state index contributed by atoms with van der Waals surface area (Å²) in [6.45, 7) is 1.67. The number of rotatable bonds is 3. The van der Waals surface area contributed by atoms with Gasteiger partial charge >= 0.3 is 0 Å². The minimum absolute atomic E-state index is 0.152. The highest BCUT2D eigenvalue weighted by Crippen LogP contribution is 2.42. The van der Waals surface area contributed by atoms with Gasteiger partial charge in [0.2, 0.25) is 5.78 Å². The van der Waals surface area contributed by atoms with E-state index in [0.717, 1.165) is 22.6 Å². The lowest BCUT2D eigenvalue weighted by atomic mass is 10.0. The van der Waals surface area contributed by atoms with Gasteiger partial charge < -0.3 is 13.9 Å². The number of ketones is 1. The lowest BCUT2D eigenvalue weighted by molar-refractivity contribution is 0.0810. The Morgan fingerprint density at radius 1 is 1.11 bits per heavy atom. The molecule has 1 aromatic heterocycles. The largest absolute Gasteiger partial charge is 0.478 e. The first-order valence-electron chi connectivity index (χ1n) is 8.91. The highest BCUT2D eigenvalue weighted by atomic mass is 35.5. The van der Waals surface area contributed by atoms with E-state index in [1.54, 1.807) is 24.5 Å². The van der Waals surface area contributed by atoms with Gasteiger partial charge in [-0.25, -0.2) is 0 Å². The Morgan fingerprint density at radius 3 is 2.82 bits per heavy atom. The Hall–Kier alpha value is -3.02. The zero-order chi connectivity index (χ0) is 19.1. The van der Waals surface area contributed by atoms with Gasteiger partial charge in [0, 0.05) is 11.6 Å². The number of hydrogen-bond acceptors (Lipinski definition) is 5. The van der Waals surface area contributed by atoms with Crippen molar-refractivity contribution in [2.45, 2.75) is 13.1 Å². The molecule has 2 aliphatic heterocycles. The van der Waals surface area contributed by atoms with Gasteiger partial charge in [0.15, 0.2) is 5.76 Å². The van der Waals surface area contributed by atoms with Crippen molar-refractivity contribution in [3.63, 3.8) is 0 Å². The molecule has 2 aliphatic rings. The molecule has 0 aliphatic carbocycles. The minimum atomic E-state index is -0.152. The first kappa shape index (κ1) is 17.1. The van der Waals surface area contributed by atoms with E-state index in [-0.39, 0.29) is 11.5 Å². The third-order valence-corrected chi connectivity index (χ3v) is 5.18. The van der Waals surface area contributed by atoms with Gasteiger partial charge in [-0.3, -0.25) is 9.69 Å². The van der Waals surface area contributed by atoms with Gasteiger partial charge in [-0.05, 0) is 42.0 Å². The summed E-state index contributed by atoms with van der Waals surface area (Å²) in [6.07, 6.45) is 3.33. The number of nitrogens with zero attached hydrogens (tertiary/aromatic N) is 1. The van der Waals surface area contributed by atoms with E-state index < -0.39 is 0 Å².